The van der Waals surface area contributed by atoms with Crippen LogP contribution in [-0.2, 0) is 6.54 Å². The third kappa shape index (κ3) is 3.61. The lowest BCUT2D eigenvalue weighted by Crippen LogP contribution is -2.26. The lowest BCUT2D eigenvalue weighted by Gasteiger charge is -2.14. The van der Waals surface area contributed by atoms with Gasteiger partial charge < -0.3 is 5.73 Å². The molecule has 0 amide bonds. The summed E-state index contributed by atoms with van der Waals surface area (Å²) < 4.78 is 0. The van der Waals surface area contributed by atoms with E-state index < -0.39 is 0 Å². The number of hydrogen-bond donors (Lipinski definition) is 1. The van der Waals surface area contributed by atoms with Gasteiger partial charge in [0.25, 0.3) is 0 Å². The molecule has 15 heavy (non-hydrogen) atoms. The lowest BCUT2D eigenvalue weighted by molar-refractivity contribution is 0.326. The molecule has 1 aliphatic rings. The minimum absolute atomic E-state index is 0. The molecule has 1 aromatic heterocycles. The number of hydrogen-bond acceptors (Lipinski definition) is 3. The Kier molecular flexibility index (Phi) is 4.80. The van der Waals surface area contributed by atoms with Gasteiger partial charge in [0.05, 0.1) is 0 Å². The summed E-state index contributed by atoms with van der Waals surface area (Å²) in [6.45, 7) is 3.00. The number of nitrogens with two attached hydrogens (primary N) is 1. The summed E-state index contributed by atoms with van der Waals surface area (Å²) in [6.07, 6.45) is 2.92. The molecule has 0 unspecified atom stereocenters. The van der Waals surface area contributed by atoms with Gasteiger partial charge in [-0.1, -0.05) is 17.7 Å². The fourth-order valence-corrected chi connectivity index (χ4v) is 1.88. The van der Waals surface area contributed by atoms with Gasteiger partial charge in [-0.2, -0.15) is 0 Å². The van der Waals surface area contributed by atoms with Gasteiger partial charge >= 0.3 is 0 Å². The fraction of sp³-hybridized carbons (Fsp3) is 0.500. The van der Waals surface area contributed by atoms with Crippen LogP contribution in [0, 0.1) is 0 Å². The first kappa shape index (κ1) is 12.7. The Hall–Kier alpha value is -0.350. The SMILES string of the molecule is Cl.N[C@H]1CCN(Cc2ccc(Cl)nc2)C1. The molecule has 0 spiro atoms. The first-order valence-corrected chi connectivity index (χ1v) is 5.20. The third-order valence-electron chi connectivity index (χ3n) is 2.50. The van der Waals surface area contributed by atoms with E-state index in [4.69, 9.17) is 17.3 Å². The van der Waals surface area contributed by atoms with E-state index in [0.29, 0.717) is 11.2 Å². The normalized spacial score (nSPS) is 21.3. The van der Waals surface area contributed by atoms with E-state index in [2.05, 4.69) is 9.88 Å². The van der Waals surface area contributed by atoms with Crippen molar-refractivity contribution in [3.8, 4) is 0 Å². The molecule has 0 bridgehead atoms. The first-order valence-electron chi connectivity index (χ1n) is 4.82. The standard InChI is InChI=1S/C10H14ClN3.ClH/c11-10-2-1-8(5-13-10)6-14-4-3-9(12)7-14;/h1-2,5,9H,3-4,6-7,12H2;1H/t9-;/m0./s1. The molecule has 0 aromatic carbocycles. The number of pyridine rings is 1. The van der Waals surface area contributed by atoms with Gasteiger partial charge in [-0.3, -0.25) is 4.90 Å². The molecule has 2 N–H and O–H groups in total. The Balaban J connectivity index is 0.00000112. The maximum Gasteiger partial charge on any atom is 0.129 e. The third-order valence-corrected chi connectivity index (χ3v) is 2.73. The van der Waals surface area contributed by atoms with Gasteiger partial charge in [0.15, 0.2) is 0 Å². The molecule has 0 radical (unpaired) electrons. The van der Waals surface area contributed by atoms with E-state index in [1.165, 1.54) is 5.56 Å². The maximum atomic E-state index is 5.82. The van der Waals surface area contributed by atoms with Crippen molar-refractivity contribution in [3.05, 3.63) is 29.0 Å². The smallest absolute Gasteiger partial charge is 0.129 e. The maximum absolute atomic E-state index is 5.82. The number of rotatable bonds is 2. The molecule has 0 saturated carbocycles. The molecule has 2 rings (SSSR count). The zero-order chi connectivity index (χ0) is 9.97. The van der Waals surface area contributed by atoms with E-state index in [9.17, 15) is 0 Å². The van der Waals surface area contributed by atoms with Crippen LogP contribution in [0.3, 0.4) is 0 Å². The van der Waals surface area contributed by atoms with Crippen LogP contribution < -0.4 is 5.73 Å². The number of nitrogens with zero attached hydrogens (tertiary/aromatic N) is 2. The molecule has 3 nitrogen and oxygen atoms in total. The summed E-state index contributed by atoms with van der Waals surface area (Å²) in [6, 6.07) is 4.18. The van der Waals surface area contributed by atoms with Crippen LogP contribution in [0.25, 0.3) is 0 Å². The molecule has 5 heteroatoms. The zero-order valence-electron chi connectivity index (χ0n) is 8.40. The quantitative estimate of drug-likeness (QED) is 0.810. The lowest BCUT2D eigenvalue weighted by atomic mass is 10.3. The van der Waals surface area contributed by atoms with E-state index in [1.54, 1.807) is 0 Å². The van der Waals surface area contributed by atoms with Crippen molar-refractivity contribution in [3.63, 3.8) is 0 Å². The summed E-state index contributed by atoms with van der Waals surface area (Å²) in [5.74, 6) is 0. The molecular formula is C10H15Cl2N3. The van der Waals surface area contributed by atoms with E-state index in [1.807, 2.05) is 18.3 Å². The van der Waals surface area contributed by atoms with Crippen LogP contribution in [0.5, 0.6) is 0 Å². The summed E-state index contributed by atoms with van der Waals surface area (Å²) in [5.41, 5.74) is 7.02. The second kappa shape index (κ2) is 5.66. The summed E-state index contributed by atoms with van der Waals surface area (Å²) in [7, 11) is 0. The van der Waals surface area contributed by atoms with Gasteiger partial charge in [-0.05, 0) is 18.1 Å². The van der Waals surface area contributed by atoms with E-state index in [-0.39, 0.29) is 12.4 Å². The van der Waals surface area contributed by atoms with E-state index in [0.717, 1.165) is 26.1 Å². The summed E-state index contributed by atoms with van der Waals surface area (Å²) >= 11 is 5.71. The molecule has 1 aromatic rings. The minimum atomic E-state index is 0. The summed E-state index contributed by atoms with van der Waals surface area (Å²) in [5, 5.41) is 0.548. The number of halogens is 2. The van der Waals surface area contributed by atoms with Gasteiger partial charge in [0.1, 0.15) is 5.15 Å². The Morgan fingerprint density at radius 1 is 1.53 bits per heavy atom. The van der Waals surface area contributed by atoms with Crippen LogP contribution >= 0.6 is 24.0 Å². The highest BCUT2D eigenvalue weighted by atomic mass is 35.5. The number of likely N-dealkylation sites (tertiary alicyclic amines) is 1. The van der Waals surface area contributed by atoms with Crippen LogP contribution in [-0.4, -0.2) is 29.0 Å². The van der Waals surface area contributed by atoms with Crippen LogP contribution in [0.4, 0.5) is 0 Å². The van der Waals surface area contributed by atoms with Crippen molar-refractivity contribution in [1.82, 2.24) is 9.88 Å². The van der Waals surface area contributed by atoms with Crippen molar-refractivity contribution in [2.75, 3.05) is 13.1 Å². The van der Waals surface area contributed by atoms with Crippen LogP contribution in [0.2, 0.25) is 5.15 Å². The van der Waals surface area contributed by atoms with Crippen molar-refractivity contribution < 1.29 is 0 Å². The highest BCUT2D eigenvalue weighted by Crippen LogP contribution is 2.12. The second-order valence-corrected chi connectivity index (χ2v) is 4.16. The molecule has 0 aliphatic carbocycles. The zero-order valence-corrected chi connectivity index (χ0v) is 9.97. The van der Waals surface area contributed by atoms with Crippen LogP contribution in [0.1, 0.15) is 12.0 Å². The number of aromatic nitrogens is 1. The molecule has 1 atom stereocenters. The monoisotopic (exact) mass is 247 g/mol. The summed E-state index contributed by atoms with van der Waals surface area (Å²) in [4.78, 5) is 6.39. The highest BCUT2D eigenvalue weighted by molar-refractivity contribution is 6.29. The van der Waals surface area contributed by atoms with Crippen LogP contribution in [0.15, 0.2) is 18.3 Å². The largest absolute Gasteiger partial charge is 0.326 e. The Morgan fingerprint density at radius 3 is 2.87 bits per heavy atom. The van der Waals surface area contributed by atoms with Gasteiger partial charge in [-0.15, -0.1) is 12.4 Å². The molecule has 84 valence electrons. The Labute approximate surface area is 101 Å². The van der Waals surface area contributed by atoms with Crippen molar-refractivity contribution >= 4 is 24.0 Å². The van der Waals surface area contributed by atoms with Gasteiger partial charge in [0.2, 0.25) is 0 Å². The topological polar surface area (TPSA) is 42.1 Å². The van der Waals surface area contributed by atoms with Gasteiger partial charge in [-0.25, -0.2) is 4.98 Å². The highest BCUT2D eigenvalue weighted by Gasteiger charge is 2.18. The second-order valence-electron chi connectivity index (χ2n) is 3.77. The molecule has 1 aliphatic heterocycles. The predicted octanol–water partition coefficient (Wildman–Crippen LogP) is 1.69. The predicted molar refractivity (Wildman–Crippen MR) is 64.4 cm³/mol. The fourth-order valence-electron chi connectivity index (χ4n) is 1.76. The molecule has 2 heterocycles. The van der Waals surface area contributed by atoms with Crippen molar-refractivity contribution in [2.45, 2.75) is 19.0 Å². The average molecular weight is 248 g/mol. The Bertz CT molecular complexity index is 302. The van der Waals surface area contributed by atoms with Crippen molar-refractivity contribution in [2.24, 2.45) is 5.73 Å². The Morgan fingerprint density at radius 2 is 2.33 bits per heavy atom. The molecule has 1 saturated heterocycles. The molecule has 1 fully saturated rings. The average Bonchev–Trinajstić information content (AvgIpc) is 2.56. The first-order chi connectivity index (χ1) is 6.74. The molecular weight excluding hydrogens is 233 g/mol. The van der Waals surface area contributed by atoms with E-state index >= 15 is 0 Å². The van der Waals surface area contributed by atoms with Crippen molar-refractivity contribution in [1.29, 1.82) is 0 Å². The minimum Gasteiger partial charge on any atom is -0.326 e. The van der Waals surface area contributed by atoms with Gasteiger partial charge in [0, 0.05) is 31.9 Å².